The molecule has 1 aliphatic rings. The predicted octanol–water partition coefficient (Wildman–Crippen LogP) is 4.53. The summed E-state index contributed by atoms with van der Waals surface area (Å²) in [4.78, 5) is 4.91. The third-order valence-corrected chi connectivity index (χ3v) is 4.29. The average molecular weight is 612 g/mol. The van der Waals surface area contributed by atoms with Gasteiger partial charge in [0.1, 0.15) is 5.75 Å². The van der Waals surface area contributed by atoms with Crippen LogP contribution in [-0.2, 0) is 36.6 Å². The first-order valence-electron chi connectivity index (χ1n) is 8.87. The monoisotopic (exact) mass is 612 g/mol. The standard InChI is InChI=1S/C20H22NO2.CH4O3S.CH3.Ir/c1-13-10-16(11-14(2)20(13)23-4)21-19-7-5-6-15-8-9-17(22-3)12-18(15)19;1-5(2,3)4;;/h8-11H,5-7H2,1-4H3;1H3,(H,2,3,4);1H3;/q-1;;-1;. The summed E-state index contributed by atoms with van der Waals surface area (Å²) in [6, 6.07) is 11.6. The fourth-order valence-corrected chi connectivity index (χ4v) is 3.24. The van der Waals surface area contributed by atoms with Gasteiger partial charge in [-0.2, -0.15) is 8.42 Å². The van der Waals surface area contributed by atoms with Gasteiger partial charge in [-0.3, -0.25) is 4.55 Å². The molecule has 0 spiro atoms. The first-order chi connectivity index (χ1) is 13.1. The van der Waals surface area contributed by atoms with Crippen molar-refractivity contribution in [1.82, 2.24) is 0 Å². The minimum absolute atomic E-state index is 0. The van der Waals surface area contributed by atoms with Crippen LogP contribution in [0.5, 0.6) is 11.5 Å². The smallest absolute Gasteiger partial charge is 0.261 e. The molecular weight excluding hydrogens is 583 g/mol. The van der Waals surface area contributed by atoms with Crippen molar-refractivity contribution in [2.45, 2.75) is 33.1 Å². The Hall–Kier alpha value is -1.73. The van der Waals surface area contributed by atoms with Crippen LogP contribution in [0.25, 0.3) is 0 Å². The Bertz CT molecular complexity index is 956. The van der Waals surface area contributed by atoms with Gasteiger partial charge in [-0.15, -0.1) is 23.3 Å². The van der Waals surface area contributed by atoms with Gasteiger partial charge in [0.15, 0.2) is 0 Å². The van der Waals surface area contributed by atoms with Gasteiger partial charge in [-0.05, 0) is 49.2 Å². The topological polar surface area (TPSA) is 85.2 Å². The molecule has 0 saturated heterocycles. The number of hydrogen-bond donors (Lipinski definition) is 1. The van der Waals surface area contributed by atoms with E-state index in [0.29, 0.717) is 6.26 Å². The second-order valence-electron chi connectivity index (χ2n) is 6.68. The Kier molecular flexibility index (Phi) is 11.5. The summed E-state index contributed by atoms with van der Waals surface area (Å²) >= 11 is 0. The van der Waals surface area contributed by atoms with E-state index in [9.17, 15) is 8.42 Å². The van der Waals surface area contributed by atoms with Crippen LogP contribution in [0.15, 0.2) is 29.3 Å². The summed E-state index contributed by atoms with van der Waals surface area (Å²) in [6.07, 6.45) is 3.89. The van der Waals surface area contributed by atoms with E-state index in [2.05, 4.69) is 38.1 Å². The van der Waals surface area contributed by atoms with Crippen LogP contribution < -0.4 is 9.47 Å². The molecule has 0 fully saturated rings. The largest absolute Gasteiger partial charge is 0.516 e. The second-order valence-corrected chi connectivity index (χ2v) is 8.15. The van der Waals surface area contributed by atoms with Gasteiger partial charge in [-0.25, -0.2) is 0 Å². The molecule has 169 valence electrons. The molecule has 0 amide bonds. The summed E-state index contributed by atoms with van der Waals surface area (Å²) in [6.45, 7) is 4.11. The van der Waals surface area contributed by atoms with E-state index in [1.807, 2.05) is 6.07 Å². The Morgan fingerprint density at radius 1 is 1.07 bits per heavy atom. The molecule has 1 radical (unpaired) electrons. The molecule has 0 heterocycles. The van der Waals surface area contributed by atoms with Gasteiger partial charge in [0.25, 0.3) is 10.1 Å². The Labute approximate surface area is 193 Å². The maximum atomic E-state index is 9.19. The van der Waals surface area contributed by atoms with E-state index in [1.54, 1.807) is 14.2 Å². The maximum absolute atomic E-state index is 9.19. The van der Waals surface area contributed by atoms with E-state index in [4.69, 9.17) is 19.0 Å². The van der Waals surface area contributed by atoms with Crippen LogP contribution in [0.4, 0.5) is 5.69 Å². The van der Waals surface area contributed by atoms with Gasteiger partial charge >= 0.3 is 0 Å². The van der Waals surface area contributed by atoms with Crippen molar-refractivity contribution >= 4 is 21.5 Å². The van der Waals surface area contributed by atoms with Gasteiger partial charge in [-0.1, -0.05) is 18.9 Å². The van der Waals surface area contributed by atoms with Crippen molar-refractivity contribution in [3.8, 4) is 11.5 Å². The first kappa shape index (κ1) is 28.3. The Balaban J connectivity index is 0.00000108. The molecule has 0 aromatic heterocycles. The fraction of sp³-hybridized carbons (Fsp3) is 0.364. The molecule has 1 aliphatic carbocycles. The molecule has 1 N–H and O–H groups in total. The molecule has 6 nitrogen and oxygen atoms in total. The summed E-state index contributed by atoms with van der Waals surface area (Å²) in [7, 11) is -0.284. The van der Waals surface area contributed by atoms with Crippen molar-refractivity contribution in [2.75, 3.05) is 20.5 Å². The zero-order valence-electron chi connectivity index (χ0n) is 18.2. The number of aryl methyl sites for hydroxylation is 3. The van der Waals surface area contributed by atoms with E-state index in [1.165, 1.54) is 5.56 Å². The molecule has 0 unspecified atom stereocenters. The number of ether oxygens (including phenoxy) is 2. The minimum Gasteiger partial charge on any atom is -0.516 e. The third kappa shape index (κ3) is 8.19. The maximum Gasteiger partial charge on any atom is 0.261 e. The van der Waals surface area contributed by atoms with Crippen molar-refractivity contribution in [1.29, 1.82) is 0 Å². The fourth-order valence-electron chi connectivity index (χ4n) is 3.24. The van der Waals surface area contributed by atoms with Crippen molar-refractivity contribution in [3.05, 3.63) is 60.0 Å². The normalized spacial score (nSPS) is 13.7. The van der Waals surface area contributed by atoms with Gasteiger partial charge < -0.3 is 21.9 Å². The number of aliphatic imine (C=N–C) groups is 1. The van der Waals surface area contributed by atoms with Crippen LogP contribution >= 0.6 is 0 Å². The number of methoxy groups -OCH3 is 2. The summed E-state index contributed by atoms with van der Waals surface area (Å²) in [5.74, 6) is 1.70. The molecule has 30 heavy (non-hydrogen) atoms. The van der Waals surface area contributed by atoms with Crippen LogP contribution in [0, 0.1) is 27.3 Å². The zero-order chi connectivity index (χ0) is 20.9. The number of nitrogens with zero attached hydrogens (tertiary/aromatic N) is 1. The van der Waals surface area contributed by atoms with Gasteiger partial charge in [0.2, 0.25) is 0 Å². The van der Waals surface area contributed by atoms with Gasteiger partial charge in [0.05, 0.1) is 26.2 Å². The van der Waals surface area contributed by atoms with Crippen LogP contribution in [0.2, 0.25) is 0 Å². The molecular formula is C22H29IrNO5S-2. The Morgan fingerprint density at radius 2 is 1.63 bits per heavy atom. The van der Waals surface area contributed by atoms with E-state index in [-0.39, 0.29) is 27.5 Å². The average Bonchev–Trinajstić information content (AvgIpc) is 2.60. The molecule has 3 rings (SSSR count). The minimum atomic E-state index is -3.67. The van der Waals surface area contributed by atoms with Crippen LogP contribution in [-0.4, -0.2) is 39.2 Å². The predicted molar refractivity (Wildman–Crippen MR) is 117 cm³/mol. The van der Waals surface area contributed by atoms with Crippen LogP contribution in [0.3, 0.4) is 0 Å². The Morgan fingerprint density at radius 3 is 2.13 bits per heavy atom. The third-order valence-electron chi connectivity index (χ3n) is 4.29. The van der Waals surface area contributed by atoms with Gasteiger partial charge in [0, 0.05) is 25.9 Å². The van der Waals surface area contributed by atoms with Crippen molar-refractivity contribution in [3.63, 3.8) is 0 Å². The quantitative estimate of drug-likeness (QED) is 0.408. The molecule has 2 aromatic carbocycles. The summed E-state index contributed by atoms with van der Waals surface area (Å²) < 4.78 is 36.6. The number of hydrogen-bond acceptors (Lipinski definition) is 5. The van der Waals surface area contributed by atoms with E-state index >= 15 is 0 Å². The van der Waals surface area contributed by atoms with Crippen LogP contribution in [0.1, 0.15) is 35.1 Å². The second kappa shape index (κ2) is 12.2. The SMILES string of the molecule is COc1[c-]c2c(cc1)CCCC2=Nc1cc(C)c(OC)c(C)c1.CS(=O)(=O)O.[CH3-].[Ir]. The first-order valence-corrected chi connectivity index (χ1v) is 10.7. The van der Waals surface area contributed by atoms with Crippen molar-refractivity contribution in [2.24, 2.45) is 4.99 Å². The molecule has 0 saturated carbocycles. The molecule has 8 heteroatoms. The number of benzene rings is 2. The molecule has 0 atom stereocenters. The molecule has 0 aliphatic heterocycles. The van der Waals surface area contributed by atoms with E-state index < -0.39 is 10.1 Å². The zero-order valence-corrected chi connectivity index (χ0v) is 21.4. The summed E-state index contributed by atoms with van der Waals surface area (Å²) in [5.41, 5.74) is 6.68. The van der Waals surface area contributed by atoms with E-state index in [0.717, 1.165) is 58.9 Å². The summed E-state index contributed by atoms with van der Waals surface area (Å²) in [5, 5.41) is 0. The number of fused-ring (bicyclic) bond motifs is 1. The van der Waals surface area contributed by atoms with Crippen molar-refractivity contribution < 1.29 is 42.5 Å². The molecule has 2 aromatic rings. The molecule has 0 bridgehead atoms. The number of rotatable bonds is 3.